The topological polar surface area (TPSA) is 69.6 Å². The molecule has 1 amide bonds. The molecule has 0 heterocycles. The van der Waals surface area contributed by atoms with Crippen molar-refractivity contribution in [1.82, 2.24) is 5.32 Å². The van der Waals surface area contributed by atoms with Crippen molar-refractivity contribution >= 4 is 5.91 Å². The minimum absolute atomic E-state index is 0.0590. The lowest BCUT2D eigenvalue weighted by Gasteiger charge is -2.20. The van der Waals surface area contributed by atoms with Crippen LogP contribution in [0.4, 0.5) is 0 Å². The van der Waals surface area contributed by atoms with Crippen LogP contribution in [0.3, 0.4) is 0 Å². The first-order valence-corrected chi connectivity index (χ1v) is 33.3. The summed E-state index contributed by atoms with van der Waals surface area (Å²) in [5.41, 5.74) is 0. The second kappa shape index (κ2) is 65.9. The largest absolute Gasteiger partial charge is 0.394 e. The normalized spacial score (nSPS) is 13.3. The highest BCUT2D eigenvalue weighted by Gasteiger charge is 2.18. The molecule has 3 N–H and O–H groups in total. The minimum atomic E-state index is -0.841. The highest BCUT2D eigenvalue weighted by Crippen LogP contribution is 2.18. The van der Waals surface area contributed by atoms with Gasteiger partial charge in [-0.3, -0.25) is 4.79 Å². The molecule has 0 rings (SSSR count). The van der Waals surface area contributed by atoms with Crippen LogP contribution in [0.1, 0.15) is 341 Å². The summed E-state index contributed by atoms with van der Waals surface area (Å²) >= 11 is 0. The van der Waals surface area contributed by atoms with Crippen LogP contribution in [0.25, 0.3) is 0 Å². The highest BCUT2D eigenvalue weighted by atomic mass is 16.3. The van der Waals surface area contributed by atoms with Crippen molar-refractivity contribution in [3.05, 3.63) is 85.1 Å². The predicted molar refractivity (Wildman–Crippen MR) is 336 cm³/mol. The van der Waals surface area contributed by atoms with E-state index >= 15 is 0 Å². The Balaban J connectivity index is 3.44. The first-order chi connectivity index (χ1) is 37.2. The van der Waals surface area contributed by atoms with Gasteiger partial charge in [-0.2, -0.15) is 0 Å². The van der Waals surface area contributed by atoms with Gasteiger partial charge in [0.15, 0.2) is 0 Å². The maximum Gasteiger partial charge on any atom is 0.220 e. The fraction of sp³-hybridized carbons (Fsp3) is 0.789. The third kappa shape index (κ3) is 62.3. The fourth-order valence-electron chi connectivity index (χ4n) is 10.1. The molecule has 0 spiro atoms. The van der Waals surface area contributed by atoms with Gasteiger partial charge in [-0.15, -0.1) is 0 Å². The Labute approximate surface area is 469 Å². The molecule has 0 aromatic rings. The zero-order valence-electron chi connectivity index (χ0n) is 50.3. The summed E-state index contributed by atoms with van der Waals surface area (Å²) in [6.07, 6.45) is 96.5. The zero-order chi connectivity index (χ0) is 54.1. The van der Waals surface area contributed by atoms with Gasteiger partial charge in [0, 0.05) is 6.42 Å². The molecule has 0 aromatic heterocycles. The van der Waals surface area contributed by atoms with Gasteiger partial charge in [0.1, 0.15) is 0 Å². The monoisotopic (exact) mass is 1040 g/mol. The lowest BCUT2D eigenvalue weighted by Crippen LogP contribution is -2.45. The molecule has 0 aromatic carbocycles. The number of hydrogen-bond donors (Lipinski definition) is 3. The molecule has 4 nitrogen and oxygen atoms in total. The van der Waals surface area contributed by atoms with Crippen molar-refractivity contribution in [2.75, 3.05) is 6.61 Å². The van der Waals surface area contributed by atoms with Gasteiger partial charge < -0.3 is 15.5 Å². The molecular weight excluding hydrogens is 915 g/mol. The molecule has 0 bridgehead atoms. The van der Waals surface area contributed by atoms with E-state index in [1.807, 2.05) is 6.08 Å². The Bertz CT molecular complexity index is 1320. The molecule has 4 heteroatoms. The van der Waals surface area contributed by atoms with Crippen molar-refractivity contribution < 1.29 is 15.0 Å². The van der Waals surface area contributed by atoms with Crippen LogP contribution in [0, 0.1) is 0 Å². The highest BCUT2D eigenvalue weighted by molar-refractivity contribution is 5.76. The van der Waals surface area contributed by atoms with E-state index < -0.39 is 12.1 Å². The molecule has 436 valence electrons. The Morgan fingerprint density at radius 1 is 0.333 bits per heavy atom. The number of allylic oxidation sites excluding steroid dienone is 13. The Hall–Kier alpha value is -2.43. The number of aliphatic hydroxyl groups is 2. The van der Waals surface area contributed by atoms with E-state index in [2.05, 4.69) is 92.1 Å². The summed E-state index contributed by atoms with van der Waals surface area (Å²) in [6.45, 7) is 4.22. The van der Waals surface area contributed by atoms with Gasteiger partial charge in [0.2, 0.25) is 5.91 Å². The van der Waals surface area contributed by atoms with Crippen molar-refractivity contribution in [2.45, 2.75) is 353 Å². The summed E-state index contributed by atoms with van der Waals surface area (Å²) in [5.74, 6) is -0.0590. The van der Waals surface area contributed by atoms with Gasteiger partial charge in [0.25, 0.3) is 0 Å². The summed E-state index contributed by atoms with van der Waals surface area (Å²) in [5, 5.41) is 23.3. The maximum atomic E-state index is 12.5. The number of nitrogens with one attached hydrogen (secondary N) is 1. The van der Waals surface area contributed by atoms with Crippen LogP contribution >= 0.6 is 0 Å². The van der Waals surface area contributed by atoms with Gasteiger partial charge in [-0.25, -0.2) is 0 Å². The van der Waals surface area contributed by atoms with E-state index in [4.69, 9.17) is 0 Å². The molecule has 0 fully saturated rings. The number of carbonyl (C=O) groups is 1. The number of hydrogen-bond acceptors (Lipinski definition) is 3. The lowest BCUT2D eigenvalue weighted by molar-refractivity contribution is -0.123. The number of carbonyl (C=O) groups excluding carboxylic acids is 1. The Kier molecular flexibility index (Phi) is 63.7. The van der Waals surface area contributed by atoms with Gasteiger partial charge in [-0.1, -0.05) is 349 Å². The van der Waals surface area contributed by atoms with Crippen molar-refractivity contribution in [3.63, 3.8) is 0 Å². The van der Waals surface area contributed by atoms with E-state index in [1.165, 1.54) is 257 Å². The molecular formula is C71H129NO3. The Morgan fingerprint density at radius 3 is 0.880 bits per heavy atom. The molecule has 0 aliphatic carbocycles. The second-order valence-corrected chi connectivity index (χ2v) is 22.5. The van der Waals surface area contributed by atoms with Crippen molar-refractivity contribution in [1.29, 1.82) is 0 Å². The summed E-state index contributed by atoms with van der Waals surface area (Å²) in [6, 6.07) is -0.624. The minimum Gasteiger partial charge on any atom is -0.394 e. The van der Waals surface area contributed by atoms with Gasteiger partial charge >= 0.3 is 0 Å². The Morgan fingerprint density at radius 2 is 0.587 bits per heavy atom. The van der Waals surface area contributed by atoms with Crippen molar-refractivity contribution in [2.24, 2.45) is 0 Å². The molecule has 0 radical (unpaired) electrons. The number of amides is 1. The second-order valence-electron chi connectivity index (χ2n) is 22.5. The first-order valence-electron chi connectivity index (χ1n) is 33.3. The van der Waals surface area contributed by atoms with Crippen LogP contribution in [0.2, 0.25) is 0 Å². The van der Waals surface area contributed by atoms with Crippen LogP contribution < -0.4 is 5.32 Å². The maximum absolute atomic E-state index is 12.5. The van der Waals surface area contributed by atoms with Gasteiger partial charge in [0.05, 0.1) is 18.8 Å². The summed E-state index contributed by atoms with van der Waals surface area (Å²) < 4.78 is 0. The van der Waals surface area contributed by atoms with E-state index in [-0.39, 0.29) is 12.5 Å². The van der Waals surface area contributed by atoms with Gasteiger partial charge in [-0.05, 0) is 70.6 Å². The SMILES string of the molecule is CC/C=C\C/C=C\C/C=C\C/C=C\C/C=C\C/C=C\CCCCCCCCCCCCCCCCCCCCCCCCC(=O)NC(CO)C(O)/C=C/CCCCCCCCCCCCCCCCCCCCCC. The smallest absolute Gasteiger partial charge is 0.220 e. The van der Waals surface area contributed by atoms with Crippen molar-refractivity contribution in [3.8, 4) is 0 Å². The predicted octanol–water partition coefficient (Wildman–Crippen LogP) is 22.7. The van der Waals surface area contributed by atoms with E-state index in [0.717, 1.165) is 64.2 Å². The lowest BCUT2D eigenvalue weighted by atomic mass is 10.0. The van der Waals surface area contributed by atoms with E-state index in [0.29, 0.717) is 6.42 Å². The summed E-state index contributed by atoms with van der Waals surface area (Å²) in [7, 11) is 0. The average Bonchev–Trinajstić information content (AvgIpc) is 3.41. The molecule has 0 aliphatic heterocycles. The zero-order valence-corrected chi connectivity index (χ0v) is 50.3. The molecule has 0 saturated heterocycles. The number of aliphatic hydroxyl groups excluding tert-OH is 2. The molecule has 2 atom stereocenters. The third-order valence-electron chi connectivity index (χ3n) is 15.1. The van der Waals surface area contributed by atoms with Crippen LogP contribution in [-0.2, 0) is 4.79 Å². The first kappa shape index (κ1) is 72.6. The van der Waals surface area contributed by atoms with E-state index in [1.54, 1.807) is 6.08 Å². The van der Waals surface area contributed by atoms with Crippen LogP contribution in [-0.4, -0.2) is 34.9 Å². The molecule has 75 heavy (non-hydrogen) atoms. The number of rotatable bonds is 61. The van der Waals surface area contributed by atoms with E-state index in [9.17, 15) is 15.0 Å². The summed E-state index contributed by atoms with van der Waals surface area (Å²) in [4.78, 5) is 12.5. The third-order valence-corrected chi connectivity index (χ3v) is 15.1. The fourth-order valence-corrected chi connectivity index (χ4v) is 10.1. The van der Waals surface area contributed by atoms with Crippen LogP contribution in [0.5, 0.6) is 0 Å². The standard InChI is InChI=1S/C71H129NO3/c1-3-5-7-9-11-13-15-17-19-21-23-25-27-28-29-30-31-32-33-34-35-36-37-38-39-40-41-42-43-44-45-47-49-51-53-55-57-59-61-63-65-67-71(75)72-69(68-73)70(74)66-64-62-60-58-56-54-52-50-48-46-26-24-22-20-18-16-14-12-10-8-6-4-2/h5,7,11,13,17,19,23,25,28-29,31-32,64,66,69-70,73-74H,3-4,6,8-10,12,14-16,18,20-22,24,26-27,30,33-63,65,67-68H2,1-2H3,(H,72,75)/b7-5-,13-11-,19-17-,25-23-,29-28-,32-31-,66-64+. The molecule has 0 saturated carbocycles. The number of unbranched alkanes of at least 4 members (excludes halogenated alkanes) is 42. The quantitative estimate of drug-likeness (QED) is 0.0420. The van der Waals surface area contributed by atoms with Crippen LogP contribution in [0.15, 0.2) is 85.1 Å². The molecule has 0 aliphatic rings. The molecule has 2 unspecified atom stereocenters. The average molecular weight is 1040 g/mol.